The summed E-state index contributed by atoms with van der Waals surface area (Å²) >= 11 is 6.75. The fourth-order valence-electron chi connectivity index (χ4n) is 2.25. The molecule has 22 heavy (non-hydrogen) atoms. The average Bonchev–Trinajstić information content (AvgIpc) is 2.97. The van der Waals surface area contributed by atoms with E-state index in [2.05, 4.69) is 29.8 Å². The second kappa shape index (κ2) is 6.81. The van der Waals surface area contributed by atoms with E-state index in [1.165, 1.54) is 0 Å². The molecule has 0 saturated carbocycles. The zero-order valence-electron chi connectivity index (χ0n) is 12.5. The second-order valence-electron chi connectivity index (χ2n) is 5.22. The Morgan fingerprint density at radius 1 is 1.41 bits per heavy atom. The molecule has 0 radical (unpaired) electrons. The predicted octanol–water partition coefficient (Wildman–Crippen LogP) is 4.53. The summed E-state index contributed by atoms with van der Waals surface area (Å²) in [5.41, 5.74) is 1.91. The highest BCUT2D eigenvalue weighted by molar-refractivity contribution is 9.10. The molecule has 1 aliphatic heterocycles. The molecule has 116 valence electrons. The van der Waals surface area contributed by atoms with Gasteiger partial charge in [0.15, 0.2) is 5.16 Å². The van der Waals surface area contributed by atoms with E-state index in [-0.39, 0.29) is 5.56 Å². The van der Waals surface area contributed by atoms with Gasteiger partial charge in [-0.2, -0.15) is 0 Å². The highest BCUT2D eigenvalue weighted by Crippen LogP contribution is 2.31. The van der Waals surface area contributed by atoms with E-state index < -0.39 is 0 Å². The molecule has 3 nitrogen and oxygen atoms in total. The minimum Gasteiger partial charge on any atom is -0.268 e. The van der Waals surface area contributed by atoms with Gasteiger partial charge < -0.3 is 0 Å². The highest BCUT2D eigenvalue weighted by Gasteiger charge is 2.23. The maximum Gasteiger partial charge on any atom is 0.272 e. The maximum absolute atomic E-state index is 12.9. The van der Waals surface area contributed by atoms with Crippen LogP contribution in [-0.2, 0) is 6.42 Å². The number of halogens is 1. The summed E-state index contributed by atoms with van der Waals surface area (Å²) < 4.78 is 2.77. The van der Waals surface area contributed by atoms with Crippen molar-refractivity contribution in [3.05, 3.63) is 44.8 Å². The molecule has 1 aliphatic rings. The molecule has 0 amide bonds. The number of aromatic nitrogens is 2. The molecule has 0 spiro atoms. The maximum atomic E-state index is 12.9. The molecule has 2 heterocycles. The molecule has 1 aromatic carbocycles. The summed E-state index contributed by atoms with van der Waals surface area (Å²) in [5, 5.41) is 1.24. The molecule has 0 fully saturated rings. The molecule has 2 aromatic rings. The SMILES string of the molecule is CCC(C)Sc1nc2c(c(=O)n1-c1ccc(Br)cc1)SCC2. The Morgan fingerprint density at radius 2 is 2.14 bits per heavy atom. The first kappa shape index (κ1) is 16.1. The van der Waals surface area contributed by atoms with Crippen molar-refractivity contribution < 1.29 is 0 Å². The summed E-state index contributed by atoms with van der Waals surface area (Å²) in [6, 6.07) is 7.83. The van der Waals surface area contributed by atoms with Crippen molar-refractivity contribution in [3.8, 4) is 5.69 Å². The third kappa shape index (κ3) is 3.14. The normalized spacial score (nSPS) is 14.9. The molecule has 1 aromatic heterocycles. The number of thioether (sulfide) groups is 2. The molecule has 3 rings (SSSR count). The largest absolute Gasteiger partial charge is 0.272 e. The quantitative estimate of drug-likeness (QED) is 0.561. The van der Waals surface area contributed by atoms with Gasteiger partial charge in [0.05, 0.1) is 16.3 Å². The van der Waals surface area contributed by atoms with Crippen LogP contribution in [0.1, 0.15) is 26.0 Å². The summed E-state index contributed by atoms with van der Waals surface area (Å²) in [7, 11) is 0. The number of nitrogens with zero attached hydrogens (tertiary/aromatic N) is 2. The lowest BCUT2D eigenvalue weighted by molar-refractivity contribution is 0.734. The van der Waals surface area contributed by atoms with Crippen molar-refractivity contribution in [2.45, 2.75) is 42.0 Å². The van der Waals surface area contributed by atoms with Crippen molar-refractivity contribution >= 4 is 39.5 Å². The second-order valence-corrected chi connectivity index (χ2v) is 8.65. The van der Waals surface area contributed by atoms with Crippen LogP contribution < -0.4 is 5.56 Å². The van der Waals surface area contributed by atoms with Gasteiger partial charge in [0.2, 0.25) is 0 Å². The Bertz CT molecular complexity index is 743. The molecule has 0 bridgehead atoms. The first-order valence-electron chi connectivity index (χ1n) is 7.31. The summed E-state index contributed by atoms with van der Waals surface area (Å²) in [6.07, 6.45) is 1.94. The number of hydrogen-bond donors (Lipinski definition) is 0. The minimum absolute atomic E-state index is 0.0700. The van der Waals surface area contributed by atoms with Crippen LogP contribution in [0.3, 0.4) is 0 Å². The monoisotopic (exact) mass is 396 g/mol. The number of fused-ring (bicyclic) bond motifs is 1. The van der Waals surface area contributed by atoms with Crippen molar-refractivity contribution in [1.82, 2.24) is 9.55 Å². The standard InChI is InChI=1S/C16H17BrN2OS2/c1-3-10(2)22-16-18-13-8-9-21-14(13)15(20)19(16)12-6-4-11(17)5-7-12/h4-7,10H,3,8-9H2,1-2H3. The van der Waals surface area contributed by atoms with Crippen LogP contribution in [-0.4, -0.2) is 20.6 Å². The van der Waals surface area contributed by atoms with Crippen LogP contribution in [0.15, 0.2) is 43.6 Å². The van der Waals surface area contributed by atoms with Crippen LogP contribution in [0.2, 0.25) is 0 Å². The Kier molecular flexibility index (Phi) is 5.00. The van der Waals surface area contributed by atoms with E-state index in [1.807, 2.05) is 24.3 Å². The smallest absolute Gasteiger partial charge is 0.268 e. The lowest BCUT2D eigenvalue weighted by atomic mass is 10.3. The zero-order valence-corrected chi connectivity index (χ0v) is 15.7. The highest BCUT2D eigenvalue weighted by atomic mass is 79.9. The van der Waals surface area contributed by atoms with Crippen LogP contribution in [0, 0.1) is 0 Å². The third-order valence-corrected chi connectivity index (χ3v) is 6.49. The van der Waals surface area contributed by atoms with Gasteiger partial charge >= 0.3 is 0 Å². The summed E-state index contributed by atoms with van der Waals surface area (Å²) in [4.78, 5) is 18.5. The van der Waals surface area contributed by atoms with E-state index in [0.717, 1.165) is 44.5 Å². The van der Waals surface area contributed by atoms with Gasteiger partial charge in [-0.1, -0.05) is 41.5 Å². The van der Waals surface area contributed by atoms with Crippen molar-refractivity contribution in [2.24, 2.45) is 0 Å². The van der Waals surface area contributed by atoms with E-state index in [0.29, 0.717) is 5.25 Å². The van der Waals surface area contributed by atoms with Crippen molar-refractivity contribution in [3.63, 3.8) is 0 Å². The molecule has 1 unspecified atom stereocenters. The van der Waals surface area contributed by atoms with Gasteiger partial charge in [-0.05, 0) is 30.7 Å². The fourth-order valence-corrected chi connectivity index (χ4v) is 4.53. The van der Waals surface area contributed by atoms with Crippen LogP contribution in [0.4, 0.5) is 0 Å². The number of aryl methyl sites for hydroxylation is 1. The van der Waals surface area contributed by atoms with E-state index in [9.17, 15) is 4.79 Å². The first-order valence-corrected chi connectivity index (χ1v) is 9.97. The Labute approximate surface area is 147 Å². The van der Waals surface area contributed by atoms with Crippen molar-refractivity contribution in [2.75, 3.05) is 5.75 Å². The van der Waals surface area contributed by atoms with E-state index in [1.54, 1.807) is 28.1 Å². The van der Waals surface area contributed by atoms with Crippen LogP contribution in [0.5, 0.6) is 0 Å². The van der Waals surface area contributed by atoms with Gasteiger partial charge in [-0.3, -0.25) is 9.36 Å². The van der Waals surface area contributed by atoms with Gasteiger partial charge in [-0.25, -0.2) is 4.98 Å². The molecule has 1 atom stereocenters. The predicted molar refractivity (Wildman–Crippen MR) is 97.6 cm³/mol. The zero-order chi connectivity index (χ0) is 15.7. The van der Waals surface area contributed by atoms with Gasteiger partial charge in [0.25, 0.3) is 5.56 Å². The summed E-state index contributed by atoms with van der Waals surface area (Å²) in [5.74, 6) is 0.954. The number of hydrogen-bond acceptors (Lipinski definition) is 4. The van der Waals surface area contributed by atoms with E-state index >= 15 is 0 Å². The Hall–Kier alpha value is -0.720. The van der Waals surface area contributed by atoms with Crippen LogP contribution in [0.25, 0.3) is 5.69 Å². The molecule has 6 heteroatoms. The molecular weight excluding hydrogens is 380 g/mol. The van der Waals surface area contributed by atoms with E-state index in [4.69, 9.17) is 4.98 Å². The average molecular weight is 397 g/mol. The number of benzene rings is 1. The third-order valence-electron chi connectivity index (χ3n) is 3.63. The lowest BCUT2D eigenvalue weighted by Crippen LogP contribution is -2.24. The number of rotatable bonds is 4. The van der Waals surface area contributed by atoms with Gasteiger partial charge in [-0.15, -0.1) is 11.8 Å². The molecular formula is C16H17BrN2OS2. The topological polar surface area (TPSA) is 34.9 Å². The molecule has 0 N–H and O–H groups in total. The Balaban J connectivity index is 2.17. The van der Waals surface area contributed by atoms with Gasteiger partial charge in [0, 0.05) is 21.9 Å². The fraction of sp³-hybridized carbons (Fsp3) is 0.375. The van der Waals surface area contributed by atoms with Gasteiger partial charge in [0.1, 0.15) is 0 Å². The molecule has 0 saturated heterocycles. The van der Waals surface area contributed by atoms with Crippen molar-refractivity contribution in [1.29, 1.82) is 0 Å². The molecule has 0 aliphatic carbocycles. The van der Waals surface area contributed by atoms with Crippen LogP contribution >= 0.6 is 39.5 Å². The first-order chi connectivity index (χ1) is 10.6. The Morgan fingerprint density at radius 3 is 2.82 bits per heavy atom. The lowest BCUT2D eigenvalue weighted by Gasteiger charge is -2.16. The minimum atomic E-state index is 0.0700. The summed E-state index contributed by atoms with van der Waals surface area (Å²) in [6.45, 7) is 4.33.